The maximum absolute atomic E-state index is 13.3. The number of nitrogens with one attached hydrogen (secondary N) is 1. The zero-order chi connectivity index (χ0) is 15.8. The highest BCUT2D eigenvalue weighted by Crippen LogP contribution is 2.24. The summed E-state index contributed by atoms with van der Waals surface area (Å²) in [5.74, 6) is 2.05. The third kappa shape index (κ3) is 5.52. The Morgan fingerprint density at radius 2 is 2.14 bits per heavy atom. The highest BCUT2D eigenvalue weighted by molar-refractivity contribution is 7.99. The first-order valence-corrected chi connectivity index (χ1v) is 9.01. The van der Waals surface area contributed by atoms with E-state index >= 15 is 0 Å². The average Bonchev–Trinajstić information content (AvgIpc) is 2.54. The lowest BCUT2D eigenvalue weighted by Gasteiger charge is -2.21. The third-order valence-corrected chi connectivity index (χ3v) is 5.03. The monoisotopic (exact) mass is 325 g/mol. The molecule has 1 saturated carbocycles. The molecule has 5 heteroatoms. The summed E-state index contributed by atoms with van der Waals surface area (Å²) < 4.78 is 18.5. The quantitative estimate of drug-likeness (QED) is 0.829. The van der Waals surface area contributed by atoms with Crippen LogP contribution in [0.4, 0.5) is 4.39 Å². The normalized spacial score (nSPS) is 15.5. The van der Waals surface area contributed by atoms with Gasteiger partial charge in [0.2, 0.25) is 5.91 Å². The largest absolute Gasteiger partial charge is 0.496 e. The van der Waals surface area contributed by atoms with Crippen molar-refractivity contribution in [3.8, 4) is 5.75 Å². The number of carbonyl (C=O) groups is 1. The van der Waals surface area contributed by atoms with E-state index in [0.29, 0.717) is 23.2 Å². The van der Waals surface area contributed by atoms with Gasteiger partial charge in [0.05, 0.1) is 12.9 Å². The Morgan fingerprint density at radius 3 is 2.86 bits per heavy atom. The highest BCUT2D eigenvalue weighted by atomic mass is 32.2. The van der Waals surface area contributed by atoms with E-state index in [1.807, 2.05) is 0 Å². The van der Waals surface area contributed by atoms with Crippen molar-refractivity contribution in [2.45, 2.75) is 37.9 Å². The van der Waals surface area contributed by atoms with Crippen LogP contribution < -0.4 is 10.1 Å². The second-order valence-electron chi connectivity index (χ2n) is 5.76. The molecule has 122 valence electrons. The van der Waals surface area contributed by atoms with Crippen LogP contribution in [0.3, 0.4) is 0 Å². The average molecular weight is 325 g/mol. The van der Waals surface area contributed by atoms with Gasteiger partial charge in [-0.2, -0.15) is 0 Å². The Labute approximate surface area is 136 Å². The predicted molar refractivity (Wildman–Crippen MR) is 88.7 cm³/mol. The molecule has 1 N–H and O–H groups in total. The number of carbonyl (C=O) groups excluding carboxylic acids is 1. The number of ether oxygens (including phenoxy) is 1. The van der Waals surface area contributed by atoms with Crippen molar-refractivity contribution in [1.82, 2.24) is 5.32 Å². The summed E-state index contributed by atoms with van der Waals surface area (Å²) in [5.41, 5.74) is 0.785. The zero-order valence-corrected chi connectivity index (χ0v) is 13.9. The molecule has 0 bridgehead atoms. The first kappa shape index (κ1) is 17.1. The number of hydrogen-bond acceptors (Lipinski definition) is 3. The number of benzene rings is 1. The van der Waals surface area contributed by atoms with Crippen molar-refractivity contribution >= 4 is 17.7 Å². The van der Waals surface area contributed by atoms with Crippen molar-refractivity contribution < 1.29 is 13.9 Å². The third-order valence-electron chi connectivity index (χ3n) is 4.05. The Hall–Kier alpha value is -1.23. The minimum atomic E-state index is -0.279. The molecule has 22 heavy (non-hydrogen) atoms. The predicted octanol–water partition coefficient (Wildman–Crippen LogP) is 3.76. The molecule has 0 atom stereocenters. The van der Waals surface area contributed by atoms with Crippen molar-refractivity contribution in [3.63, 3.8) is 0 Å². The van der Waals surface area contributed by atoms with Crippen LogP contribution in [0.5, 0.6) is 5.75 Å². The second kappa shape index (κ2) is 9.03. The van der Waals surface area contributed by atoms with Crippen LogP contribution in [0.15, 0.2) is 18.2 Å². The fraction of sp³-hybridized carbons (Fsp3) is 0.588. The fourth-order valence-electron chi connectivity index (χ4n) is 2.81. The molecule has 1 amide bonds. The van der Waals surface area contributed by atoms with Gasteiger partial charge in [-0.3, -0.25) is 4.79 Å². The number of halogens is 1. The molecule has 0 saturated heterocycles. The summed E-state index contributed by atoms with van der Waals surface area (Å²) in [7, 11) is 1.57. The second-order valence-corrected chi connectivity index (χ2v) is 6.74. The molecule has 0 aromatic heterocycles. The van der Waals surface area contributed by atoms with Crippen LogP contribution in [0.25, 0.3) is 0 Å². The van der Waals surface area contributed by atoms with E-state index in [0.717, 1.165) is 12.1 Å². The molecule has 0 radical (unpaired) electrons. The molecular weight excluding hydrogens is 301 g/mol. The molecule has 0 spiro atoms. The van der Waals surface area contributed by atoms with Gasteiger partial charge in [-0.25, -0.2) is 4.39 Å². The lowest BCUT2D eigenvalue weighted by Crippen LogP contribution is -2.31. The Balaban J connectivity index is 1.69. The first-order chi connectivity index (χ1) is 10.7. The molecule has 1 aliphatic rings. The van der Waals surface area contributed by atoms with E-state index in [1.165, 1.54) is 56.0 Å². The molecule has 1 aromatic carbocycles. The van der Waals surface area contributed by atoms with Gasteiger partial charge in [0.25, 0.3) is 0 Å². The van der Waals surface area contributed by atoms with Gasteiger partial charge >= 0.3 is 0 Å². The van der Waals surface area contributed by atoms with Crippen LogP contribution in [-0.4, -0.2) is 25.3 Å². The molecule has 0 unspecified atom stereocenters. The zero-order valence-electron chi connectivity index (χ0n) is 13.1. The number of amides is 1. The number of rotatable bonds is 7. The van der Waals surface area contributed by atoms with Gasteiger partial charge in [0, 0.05) is 17.9 Å². The van der Waals surface area contributed by atoms with E-state index < -0.39 is 0 Å². The van der Waals surface area contributed by atoms with Crippen molar-refractivity contribution in [2.24, 2.45) is 5.92 Å². The Morgan fingerprint density at radius 1 is 1.36 bits per heavy atom. The van der Waals surface area contributed by atoms with Gasteiger partial charge in [-0.05, 0) is 37.0 Å². The van der Waals surface area contributed by atoms with E-state index in [2.05, 4.69) is 5.32 Å². The van der Waals surface area contributed by atoms with Crippen LogP contribution >= 0.6 is 11.8 Å². The minimum absolute atomic E-state index is 0.0611. The molecule has 0 aliphatic heterocycles. The van der Waals surface area contributed by atoms with Gasteiger partial charge in [-0.15, -0.1) is 11.8 Å². The van der Waals surface area contributed by atoms with E-state index in [4.69, 9.17) is 4.74 Å². The number of methoxy groups -OCH3 is 1. The van der Waals surface area contributed by atoms with Crippen LogP contribution in [-0.2, 0) is 10.5 Å². The summed E-state index contributed by atoms with van der Waals surface area (Å²) in [6, 6.07) is 4.46. The summed E-state index contributed by atoms with van der Waals surface area (Å²) in [5, 5.41) is 3.01. The molecule has 3 nitrogen and oxygen atoms in total. The van der Waals surface area contributed by atoms with E-state index in [-0.39, 0.29) is 11.7 Å². The maximum Gasteiger partial charge on any atom is 0.230 e. The smallest absolute Gasteiger partial charge is 0.230 e. The van der Waals surface area contributed by atoms with Crippen molar-refractivity contribution in [2.75, 3.05) is 19.4 Å². The van der Waals surface area contributed by atoms with Crippen LogP contribution in [0.2, 0.25) is 0 Å². The molecule has 0 heterocycles. The topological polar surface area (TPSA) is 38.3 Å². The molecule has 1 aliphatic carbocycles. The van der Waals surface area contributed by atoms with Crippen molar-refractivity contribution in [1.29, 1.82) is 0 Å². The Bertz CT molecular complexity index is 490. The van der Waals surface area contributed by atoms with Gasteiger partial charge in [0.1, 0.15) is 11.6 Å². The van der Waals surface area contributed by atoms with Crippen LogP contribution in [0, 0.1) is 11.7 Å². The maximum atomic E-state index is 13.3. The standard InChI is InChI=1S/C17H24FNO2S/c1-21-16-8-7-15(18)9-14(16)11-22-12-17(20)19-10-13-5-3-2-4-6-13/h7-9,13H,2-6,10-12H2,1H3,(H,19,20). The summed E-state index contributed by atoms with van der Waals surface area (Å²) in [4.78, 5) is 11.9. The SMILES string of the molecule is COc1ccc(F)cc1CSCC(=O)NCC1CCCCC1. The van der Waals surface area contributed by atoms with Crippen LogP contribution in [0.1, 0.15) is 37.7 Å². The lowest BCUT2D eigenvalue weighted by atomic mass is 9.89. The minimum Gasteiger partial charge on any atom is -0.496 e. The van der Waals surface area contributed by atoms with E-state index in [9.17, 15) is 9.18 Å². The highest BCUT2D eigenvalue weighted by Gasteiger charge is 2.14. The summed E-state index contributed by atoms with van der Waals surface area (Å²) in [6.45, 7) is 0.794. The molecular formula is C17H24FNO2S. The number of hydrogen-bond donors (Lipinski definition) is 1. The molecule has 1 aromatic rings. The number of thioether (sulfide) groups is 1. The lowest BCUT2D eigenvalue weighted by molar-refractivity contribution is -0.118. The van der Waals surface area contributed by atoms with Gasteiger partial charge in [-0.1, -0.05) is 19.3 Å². The van der Waals surface area contributed by atoms with Crippen molar-refractivity contribution in [3.05, 3.63) is 29.6 Å². The Kier molecular flexibility index (Phi) is 7.03. The first-order valence-electron chi connectivity index (χ1n) is 7.86. The molecule has 2 rings (SSSR count). The van der Waals surface area contributed by atoms with E-state index in [1.54, 1.807) is 13.2 Å². The molecule has 1 fully saturated rings. The fourth-order valence-corrected chi connectivity index (χ4v) is 3.65. The summed E-state index contributed by atoms with van der Waals surface area (Å²) >= 11 is 1.48. The van der Waals surface area contributed by atoms with Gasteiger partial charge < -0.3 is 10.1 Å². The van der Waals surface area contributed by atoms with Gasteiger partial charge in [0.15, 0.2) is 0 Å². The summed E-state index contributed by atoms with van der Waals surface area (Å²) in [6.07, 6.45) is 6.36.